The normalized spacial score (nSPS) is 28.6. The Morgan fingerprint density at radius 1 is 1.16 bits per heavy atom. The van der Waals surface area contributed by atoms with Gasteiger partial charge in [-0.25, -0.2) is 4.79 Å². The second kappa shape index (κ2) is 8.59. The third kappa shape index (κ3) is 4.74. The lowest BCUT2D eigenvalue weighted by atomic mass is 9.88. The lowest BCUT2D eigenvalue weighted by molar-refractivity contribution is -0.182. The van der Waals surface area contributed by atoms with Gasteiger partial charge in [0.05, 0.1) is 11.5 Å². The number of hydrogen-bond donors (Lipinski definition) is 0. The third-order valence-electron chi connectivity index (χ3n) is 6.81. The van der Waals surface area contributed by atoms with Crippen molar-refractivity contribution in [2.75, 3.05) is 6.79 Å². The van der Waals surface area contributed by atoms with Gasteiger partial charge in [-0.1, -0.05) is 20.8 Å². The average molecular weight is 490 g/mol. The van der Waals surface area contributed by atoms with E-state index in [-0.39, 0.29) is 10.9 Å². The van der Waals surface area contributed by atoms with Crippen molar-refractivity contribution in [3.8, 4) is 0 Å². The number of amides is 1. The number of carbonyl (C=O) groups excluding carboxylic acids is 3. The molecule has 184 valence electrons. The van der Waals surface area contributed by atoms with Crippen LogP contribution in [0.4, 0.5) is 0 Å². The molecule has 8 nitrogen and oxygen atoms in total. The second-order valence-electron chi connectivity index (χ2n) is 11.8. The van der Waals surface area contributed by atoms with Gasteiger partial charge in [0.2, 0.25) is 18.1 Å². The number of β-lactam (4-membered cyclic amide) rings is 1. The maximum atomic E-state index is 13.3. The van der Waals surface area contributed by atoms with E-state index in [0.717, 1.165) is 0 Å². The summed E-state index contributed by atoms with van der Waals surface area (Å²) >= 11 is -1.49. The molecular formula is C22H39NO7SSi. The zero-order valence-corrected chi connectivity index (χ0v) is 23.0. The molecule has 2 aliphatic rings. The van der Waals surface area contributed by atoms with Gasteiger partial charge in [0.15, 0.2) is 19.1 Å². The number of fused-ring (bicyclic) bond motifs is 1. The summed E-state index contributed by atoms with van der Waals surface area (Å²) in [5.41, 5.74) is -0.730. The summed E-state index contributed by atoms with van der Waals surface area (Å²) in [6.07, 6.45) is -0.410. The standard InChI is InChI=1S/C22H39NO7SSi/c1-13(30-32(10,11)21(5,6)7)14-16(24)23-15(22(8,9)31(27)17(14)23)18(25)28-12-29-19(26)20(2,3)4/h13-15,17H,12H2,1-11H3/t13-,14-,15+,17-,31-/m1/s1. The van der Waals surface area contributed by atoms with Crippen molar-refractivity contribution in [3.63, 3.8) is 0 Å². The molecule has 0 aromatic heterocycles. The van der Waals surface area contributed by atoms with Crippen molar-refractivity contribution in [2.45, 2.75) is 103 Å². The Labute approximate surface area is 196 Å². The summed E-state index contributed by atoms with van der Waals surface area (Å²) in [5.74, 6) is -2.05. The monoisotopic (exact) mass is 489 g/mol. The first-order chi connectivity index (χ1) is 14.2. The molecule has 2 heterocycles. The van der Waals surface area contributed by atoms with E-state index in [2.05, 4.69) is 33.9 Å². The first-order valence-corrected chi connectivity index (χ1v) is 15.1. The van der Waals surface area contributed by atoms with Gasteiger partial charge in [0.1, 0.15) is 5.92 Å². The van der Waals surface area contributed by atoms with Gasteiger partial charge in [-0.15, -0.1) is 0 Å². The number of rotatable bonds is 6. The van der Waals surface area contributed by atoms with Crippen LogP contribution < -0.4 is 0 Å². The van der Waals surface area contributed by atoms with Crippen LogP contribution in [-0.4, -0.2) is 64.7 Å². The molecule has 2 saturated heterocycles. The van der Waals surface area contributed by atoms with Gasteiger partial charge in [-0.05, 0) is 70.9 Å². The van der Waals surface area contributed by atoms with Crippen LogP contribution in [0.1, 0.15) is 62.3 Å². The van der Waals surface area contributed by atoms with Crippen LogP contribution in [0.3, 0.4) is 0 Å². The average Bonchev–Trinajstić information content (AvgIpc) is 2.77. The molecule has 1 amide bonds. The highest BCUT2D eigenvalue weighted by Gasteiger charge is 2.73. The molecule has 10 heteroatoms. The minimum atomic E-state index is -2.14. The largest absolute Gasteiger partial charge is 0.614 e. The van der Waals surface area contributed by atoms with Gasteiger partial charge >= 0.3 is 11.9 Å². The van der Waals surface area contributed by atoms with Crippen LogP contribution >= 0.6 is 0 Å². The zero-order valence-electron chi connectivity index (χ0n) is 21.2. The molecule has 0 spiro atoms. The molecule has 0 radical (unpaired) electrons. The van der Waals surface area contributed by atoms with Gasteiger partial charge in [-0.2, -0.15) is 0 Å². The molecule has 2 fully saturated rings. The maximum absolute atomic E-state index is 13.3. The number of ether oxygens (including phenoxy) is 2. The first-order valence-electron chi connectivity index (χ1n) is 11.0. The zero-order chi connectivity index (χ0) is 25.0. The van der Waals surface area contributed by atoms with E-state index in [9.17, 15) is 18.9 Å². The molecular weight excluding hydrogens is 450 g/mol. The molecule has 32 heavy (non-hydrogen) atoms. The Morgan fingerprint density at radius 3 is 2.16 bits per heavy atom. The summed E-state index contributed by atoms with van der Waals surface area (Å²) in [4.78, 5) is 39.2. The third-order valence-corrected chi connectivity index (χ3v) is 13.6. The van der Waals surface area contributed by atoms with Crippen LogP contribution in [-0.2, 0) is 39.5 Å². The Morgan fingerprint density at radius 2 is 1.69 bits per heavy atom. The van der Waals surface area contributed by atoms with Crippen LogP contribution in [0.15, 0.2) is 0 Å². The van der Waals surface area contributed by atoms with Crippen molar-refractivity contribution >= 4 is 37.3 Å². The number of hydrogen-bond acceptors (Lipinski definition) is 7. The number of nitrogens with zero attached hydrogens (tertiary/aromatic N) is 1. The van der Waals surface area contributed by atoms with Gasteiger partial charge in [0.25, 0.3) is 0 Å². The van der Waals surface area contributed by atoms with Crippen LogP contribution in [0.25, 0.3) is 0 Å². The molecule has 5 atom stereocenters. The fraction of sp³-hybridized carbons (Fsp3) is 0.864. The fourth-order valence-corrected chi connectivity index (χ4v) is 7.28. The smallest absolute Gasteiger partial charge is 0.337 e. The SMILES string of the molecule is C[C@@H](O[Si](C)(C)C(C)(C)C)[C@@H]1C(=O)N2[C@@H]1[S@@+]([O-])C(C)(C)[C@@H]2C(=O)OCOC(=O)C(C)(C)C. The lowest BCUT2D eigenvalue weighted by Crippen LogP contribution is -2.67. The van der Waals surface area contributed by atoms with Crippen molar-refractivity contribution in [1.29, 1.82) is 0 Å². The Balaban J connectivity index is 2.13. The highest BCUT2D eigenvalue weighted by molar-refractivity contribution is 7.93. The summed E-state index contributed by atoms with van der Waals surface area (Å²) in [6.45, 7) is 20.3. The van der Waals surface area contributed by atoms with Crippen molar-refractivity contribution < 1.29 is 32.8 Å². The summed E-state index contributed by atoms with van der Waals surface area (Å²) in [7, 11) is -2.14. The summed E-state index contributed by atoms with van der Waals surface area (Å²) in [6, 6.07) is -1.01. The van der Waals surface area contributed by atoms with E-state index in [1.54, 1.807) is 34.6 Å². The van der Waals surface area contributed by atoms with Crippen molar-refractivity contribution in [2.24, 2.45) is 11.3 Å². The fourth-order valence-electron chi connectivity index (χ4n) is 3.76. The highest BCUT2D eigenvalue weighted by atomic mass is 32.2. The number of carbonyl (C=O) groups is 3. The molecule has 0 unspecified atom stereocenters. The highest BCUT2D eigenvalue weighted by Crippen LogP contribution is 2.51. The lowest BCUT2D eigenvalue weighted by Gasteiger charge is -2.47. The molecule has 0 N–H and O–H groups in total. The predicted octanol–water partition coefficient (Wildman–Crippen LogP) is 3.18. The Bertz CT molecular complexity index is 771. The van der Waals surface area contributed by atoms with Crippen LogP contribution in [0.2, 0.25) is 18.1 Å². The predicted molar refractivity (Wildman–Crippen MR) is 124 cm³/mol. The van der Waals surface area contributed by atoms with Gasteiger partial charge < -0.3 is 18.5 Å². The topological polar surface area (TPSA) is 105 Å². The second-order valence-corrected chi connectivity index (χ2v) is 18.7. The number of esters is 2. The van der Waals surface area contributed by atoms with Crippen molar-refractivity contribution in [3.05, 3.63) is 0 Å². The van der Waals surface area contributed by atoms with E-state index in [1.165, 1.54) is 4.90 Å². The van der Waals surface area contributed by atoms with Crippen molar-refractivity contribution in [1.82, 2.24) is 4.90 Å². The van der Waals surface area contributed by atoms with E-state index in [0.29, 0.717) is 0 Å². The summed E-state index contributed by atoms with van der Waals surface area (Å²) < 4.78 is 28.9. The first kappa shape index (κ1) is 27.1. The van der Waals surface area contributed by atoms with E-state index in [1.807, 2.05) is 6.92 Å². The van der Waals surface area contributed by atoms with E-state index in [4.69, 9.17) is 13.9 Å². The Hall–Kier alpha value is -1.10. The van der Waals surface area contributed by atoms with Crippen LogP contribution in [0.5, 0.6) is 0 Å². The molecule has 0 aromatic carbocycles. The minimum absolute atomic E-state index is 0.0291. The van der Waals surface area contributed by atoms with Crippen LogP contribution in [0, 0.1) is 11.3 Å². The summed E-state index contributed by atoms with van der Waals surface area (Å²) in [5, 5.41) is -0.634. The molecule has 2 aliphatic heterocycles. The van der Waals surface area contributed by atoms with E-state index < -0.39 is 71.8 Å². The molecule has 2 rings (SSSR count). The quantitative estimate of drug-likeness (QED) is 0.185. The molecule has 0 saturated carbocycles. The molecule has 0 bridgehead atoms. The maximum Gasteiger partial charge on any atom is 0.337 e. The molecule has 0 aliphatic carbocycles. The minimum Gasteiger partial charge on any atom is -0.614 e. The van der Waals surface area contributed by atoms with Gasteiger partial charge in [-0.3, -0.25) is 14.5 Å². The van der Waals surface area contributed by atoms with E-state index >= 15 is 0 Å². The molecule has 0 aromatic rings. The Kier molecular flexibility index (Phi) is 7.29. The van der Waals surface area contributed by atoms with Gasteiger partial charge in [0, 0.05) is 0 Å².